The zero-order valence-corrected chi connectivity index (χ0v) is 17.5. The smallest absolute Gasteiger partial charge is 0.262 e. The molecule has 0 radical (unpaired) electrons. The van der Waals surface area contributed by atoms with E-state index in [0.29, 0.717) is 22.6 Å². The number of nitrogens with zero attached hydrogens (tertiary/aromatic N) is 3. The summed E-state index contributed by atoms with van der Waals surface area (Å²) in [5, 5.41) is 14.5. The van der Waals surface area contributed by atoms with Crippen LogP contribution in [0.4, 0.5) is 0 Å². The molecule has 1 unspecified atom stereocenters. The summed E-state index contributed by atoms with van der Waals surface area (Å²) in [6.07, 6.45) is 5.63. The van der Waals surface area contributed by atoms with Gasteiger partial charge in [0.15, 0.2) is 11.5 Å². The van der Waals surface area contributed by atoms with Crippen molar-refractivity contribution in [2.24, 2.45) is 11.0 Å². The number of carbonyl (C=O) groups is 1. The Morgan fingerprint density at radius 2 is 2.33 bits per heavy atom. The van der Waals surface area contributed by atoms with Crippen molar-refractivity contribution in [1.29, 1.82) is 0 Å². The number of phenols is 1. The third-order valence-electron chi connectivity index (χ3n) is 5.24. The zero-order chi connectivity index (χ0) is 21.3. The molecule has 4 rings (SSSR count). The molecule has 30 heavy (non-hydrogen) atoms. The van der Waals surface area contributed by atoms with Gasteiger partial charge < -0.3 is 9.84 Å². The number of hydrogen-bond donors (Lipinski definition) is 2. The van der Waals surface area contributed by atoms with Crippen molar-refractivity contribution in [3.8, 4) is 11.5 Å². The van der Waals surface area contributed by atoms with Crippen molar-refractivity contribution in [2.75, 3.05) is 7.11 Å². The fourth-order valence-electron chi connectivity index (χ4n) is 3.65. The number of thiophene rings is 1. The topological polar surface area (TPSA) is 106 Å². The first kappa shape index (κ1) is 20.1. The van der Waals surface area contributed by atoms with Crippen molar-refractivity contribution in [1.82, 2.24) is 15.0 Å². The maximum Gasteiger partial charge on any atom is 0.262 e. The van der Waals surface area contributed by atoms with E-state index in [4.69, 9.17) is 4.74 Å². The van der Waals surface area contributed by atoms with Gasteiger partial charge in [-0.2, -0.15) is 5.10 Å². The lowest BCUT2D eigenvalue weighted by atomic mass is 9.89. The number of fused-ring (bicyclic) bond motifs is 3. The second-order valence-electron chi connectivity index (χ2n) is 7.40. The molecular formula is C21H22N4O4S. The van der Waals surface area contributed by atoms with Gasteiger partial charge in [-0.25, -0.2) is 10.4 Å². The molecule has 1 atom stereocenters. The summed E-state index contributed by atoms with van der Waals surface area (Å²) < 4.78 is 6.34. The maximum absolute atomic E-state index is 13.0. The number of aromatic nitrogens is 2. The van der Waals surface area contributed by atoms with E-state index in [9.17, 15) is 14.7 Å². The van der Waals surface area contributed by atoms with Gasteiger partial charge in [0.05, 0.1) is 25.0 Å². The van der Waals surface area contributed by atoms with Crippen molar-refractivity contribution >= 4 is 33.7 Å². The van der Waals surface area contributed by atoms with E-state index in [-0.39, 0.29) is 17.9 Å². The molecule has 0 saturated carbocycles. The number of hydrazone groups is 1. The normalized spacial score (nSPS) is 16.0. The fraction of sp³-hybridized carbons (Fsp3) is 0.333. The standard InChI is InChI=1S/C21H22N4O4S/c1-12-6-7-14-16(8-12)30-20-18(14)21(28)25(11-22-20)10-17(26)24-23-9-13-4-3-5-15(29-2)19(13)27/h3-5,9,11-12,27H,6-8,10H2,1-2H3,(H,24,26)/b23-9+. The zero-order valence-electron chi connectivity index (χ0n) is 16.7. The van der Waals surface area contributed by atoms with E-state index in [0.717, 1.165) is 29.7 Å². The number of amides is 1. The summed E-state index contributed by atoms with van der Waals surface area (Å²) in [4.78, 5) is 31.6. The number of aryl methyl sites for hydroxylation is 1. The molecule has 2 aromatic heterocycles. The highest BCUT2D eigenvalue weighted by atomic mass is 32.1. The number of rotatable bonds is 5. The summed E-state index contributed by atoms with van der Waals surface area (Å²) in [7, 11) is 1.45. The van der Waals surface area contributed by atoms with E-state index in [2.05, 4.69) is 22.4 Å². The molecule has 2 heterocycles. The highest BCUT2D eigenvalue weighted by Gasteiger charge is 2.23. The summed E-state index contributed by atoms with van der Waals surface area (Å²) in [6.45, 7) is 2.03. The van der Waals surface area contributed by atoms with Gasteiger partial charge in [-0.15, -0.1) is 11.3 Å². The van der Waals surface area contributed by atoms with Crippen LogP contribution in [0, 0.1) is 5.92 Å². The number of para-hydroxylation sites is 1. The lowest BCUT2D eigenvalue weighted by Gasteiger charge is -2.17. The molecular weight excluding hydrogens is 404 g/mol. The van der Waals surface area contributed by atoms with Crippen LogP contribution in [0.15, 0.2) is 34.4 Å². The molecule has 0 spiro atoms. The van der Waals surface area contributed by atoms with Gasteiger partial charge in [0, 0.05) is 10.4 Å². The lowest BCUT2D eigenvalue weighted by molar-refractivity contribution is -0.121. The van der Waals surface area contributed by atoms with Gasteiger partial charge in [0.1, 0.15) is 11.4 Å². The highest BCUT2D eigenvalue weighted by molar-refractivity contribution is 7.18. The summed E-state index contributed by atoms with van der Waals surface area (Å²) in [5.41, 5.74) is 3.66. The fourth-order valence-corrected chi connectivity index (χ4v) is 4.99. The number of methoxy groups -OCH3 is 1. The molecule has 8 nitrogen and oxygen atoms in total. The van der Waals surface area contributed by atoms with E-state index in [1.54, 1.807) is 29.5 Å². The van der Waals surface area contributed by atoms with Gasteiger partial charge in [0.2, 0.25) is 0 Å². The molecule has 156 valence electrons. The molecule has 3 aromatic rings. The number of ether oxygens (including phenoxy) is 1. The molecule has 0 fully saturated rings. The van der Waals surface area contributed by atoms with Crippen molar-refractivity contribution in [3.05, 3.63) is 50.9 Å². The Hall–Kier alpha value is -3.20. The third-order valence-corrected chi connectivity index (χ3v) is 6.40. The molecule has 2 N–H and O–H groups in total. The van der Waals surface area contributed by atoms with Crippen LogP contribution in [0.5, 0.6) is 11.5 Å². The van der Waals surface area contributed by atoms with Crippen LogP contribution < -0.4 is 15.7 Å². The summed E-state index contributed by atoms with van der Waals surface area (Å²) >= 11 is 1.58. The Bertz CT molecular complexity index is 1200. The Morgan fingerprint density at radius 3 is 3.13 bits per heavy atom. The minimum absolute atomic E-state index is 0.0691. The Kier molecular flexibility index (Phi) is 5.54. The number of carbonyl (C=O) groups excluding carboxylic acids is 1. The van der Waals surface area contributed by atoms with Crippen LogP contribution in [-0.2, 0) is 24.2 Å². The molecule has 1 amide bonds. The van der Waals surface area contributed by atoms with E-state index < -0.39 is 5.91 Å². The predicted octanol–water partition coefficient (Wildman–Crippen LogP) is 2.45. The van der Waals surface area contributed by atoms with Crippen LogP contribution in [-0.4, -0.2) is 33.9 Å². The largest absolute Gasteiger partial charge is 0.504 e. The first-order valence-corrected chi connectivity index (χ1v) is 10.5. The van der Waals surface area contributed by atoms with Crippen LogP contribution in [0.25, 0.3) is 10.2 Å². The molecule has 0 aliphatic heterocycles. The van der Waals surface area contributed by atoms with Gasteiger partial charge in [-0.1, -0.05) is 13.0 Å². The minimum atomic E-state index is -0.463. The van der Waals surface area contributed by atoms with Crippen molar-refractivity contribution in [2.45, 2.75) is 32.7 Å². The number of hydrogen-bond acceptors (Lipinski definition) is 7. The van der Waals surface area contributed by atoms with E-state index in [1.807, 2.05) is 0 Å². The van der Waals surface area contributed by atoms with Gasteiger partial charge in [0.25, 0.3) is 11.5 Å². The Morgan fingerprint density at radius 1 is 1.50 bits per heavy atom. The quantitative estimate of drug-likeness (QED) is 0.482. The van der Waals surface area contributed by atoms with Crippen LogP contribution in [0.1, 0.15) is 29.3 Å². The SMILES string of the molecule is COc1cccc(/C=N/NC(=O)Cn2cnc3sc4c(c3c2=O)CCC(C)C4)c1O. The molecule has 1 aliphatic rings. The van der Waals surface area contributed by atoms with Crippen LogP contribution >= 0.6 is 11.3 Å². The Balaban J connectivity index is 1.50. The predicted molar refractivity (Wildman–Crippen MR) is 115 cm³/mol. The first-order valence-electron chi connectivity index (χ1n) is 9.65. The van der Waals surface area contributed by atoms with Crippen LogP contribution in [0.3, 0.4) is 0 Å². The van der Waals surface area contributed by atoms with Gasteiger partial charge in [-0.3, -0.25) is 14.2 Å². The number of nitrogens with one attached hydrogen (secondary N) is 1. The monoisotopic (exact) mass is 426 g/mol. The van der Waals surface area contributed by atoms with Crippen LogP contribution in [0.2, 0.25) is 0 Å². The molecule has 1 aromatic carbocycles. The third kappa shape index (κ3) is 3.80. The minimum Gasteiger partial charge on any atom is -0.504 e. The molecule has 0 bridgehead atoms. The second-order valence-corrected chi connectivity index (χ2v) is 8.48. The lowest BCUT2D eigenvalue weighted by Crippen LogP contribution is -2.30. The maximum atomic E-state index is 13.0. The van der Waals surface area contributed by atoms with Gasteiger partial charge >= 0.3 is 0 Å². The van der Waals surface area contributed by atoms with Crippen molar-refractivity contribution < 1.29 is 14.6 Å². The molecule has 1 aliphatic carbocycles. The van der Waals surface area contributed by atoms with E-state index >= 15 is 0 Å². The van der Waals surface area contributed by atoms with E-state index in [1.165, 1.54) is 29.1 Å². The highest BCUT2D eigenvalue weighted by Crippen LogP contribution is 2.35. The Labute approximate surface area is 176 Å². The average molecular weight is 426 g/mol. The summed E-state index contributed by atoms with van der Waals surface area (Å²) in [5.74, 6) is 0.389. The van der Waals surface area contributed by atoms with Crippen molar-refractivity contribution in [3.63, 3.8) is 0 Å². The molecule has 0 saturated heterocycles. The number of aromatic hydroxyl groups is 1. The molecule has 9 heteroatoms. The first-order chi connectivity index (χ1) is 14.5. The van der Waals surface area contributed by atoms with Gasteiger partial charge in [-0.05, 0) is 42.9 Å². The average Bonchev–Trinajstić information content (AvgIpc) is 3.09. The second kappa shape index (κ2) is 8.27. The number of phenolic OH excluding ortho intramolecular Hbond substituents is 1. The number of benzene rings is 1. The summed E-state index contributed by atoms with van der Waals surface area (Å²) in [6, 6.07) is 4.95.